The summed E-state index contributed by atoms with van der Waals surface area (Å²) in [6.07, 6.45) is 0.463. The van der Waals surface area contributed by atoms with Crippen LogP contribution < -0.4 is 5.32 Å². The molecule has 1 rings (SSSR count). The van der Waals surface area contributed by atoms with Crippen LogP contribution in [0.4, 0.5) is 4.79 Å². The summed E-state index contributed by atoms with van der Waals surface area (Å²) >= 11 is 0. The highest BCUT2D eigenvalue weighted by atomic mass is 16.5. The number of hydrogen-bond acceptors (Lipinski definition) is 2. The van der Waals surface area contributed by atoms with Gasteiger partial charge in [0.05, 0.1) is 13.2 Å². The number of benzene rings is 1. The predicted octanol–water partition coefficient (Wildman–Crippen LogP) is 2.80. The van der Waals surface area contributed by atoms with Crippen LogP contribution in [0.1, 0.15) is 30.5 Å². The molecule has 0 aliphatic rings. The van der Waals surface area contributed by atoms with Crippen LogP contribution in [0.25, 0.3) is 0 Å². The van der Waals surface area contributed by atoms with Crippen molar-refractivity contribution in [3.05, 3.63) is 35.4 Å². The van der Waals surface area contributed by atoms with E-state index in [9.17, 15) is 4.79 Å². The molecule has 0 bridgehead atoms. The zero-order chi connectivity index (χ0) is 11.3. The summed E-state index contributed by atoms with van der Waals surface area (Å²) in [4.78, 5) is 11.1. The summed E-state index contributed by atoms with van der Waals surface area (Å²) in [6, 6.07) is 8.06. The van der Waals surface area contributed by atoms with Gasteiger partial charge in [-0.15, -0.1) is 0 Å². The predicted molar refractivity (Wildman–Crippen MR) is 59.8 cm³/mol. The highest BCUT2D eigenvalue weighted by Gasteiger charge is 2.13. The largest absolute Gasteiger partial charge is 0.453 e. The molecule has 82 valence electrons. The van der Waals surface area contributed by atoms with Crippen molar-refractivity contribution in [2.45, 2.75) is 26.3 Å². The molecule has 0 aromatic heterocycles. The maximum atomic E-state index is 11.1. The zero-order valence-corrected chi connectivity index (χ0v) is 9.41. The number of carbonyl (C=O) groups is 1. The van der Waals surface area contributed by atoms with Crippen molar-refractivity contribution in [2.24, 2.45) is 0 Å². The van der Waals surface area contributed by atoms with Crippen molar-refractivity contribution in [3.8, 4) is 0 Å². The summed E-state index contributed by atoms with van der Waals surface area (Å²) in [5, 5.41) is 2.81. The third kappa shape index (κ3) is 2.98. The van der Waals surface area contributed by atoms with E-state index >= 15 is 0 Å². The first-order valence-electron chi connectivity index (χ1n) is 5.09. The standard InChI is InChI=1S/C12H17NO2/c1-4-11(13-12(14)15-3)10-8-6-5-7-9(10)2/h5-8,11H,4H2,1-3H3,(H,13,14)/t11-/m0/s1. The molecule has 0 fully saturated rings. The Hall–Kier alpha value is -1.51. The lowest BCUT2D eigenvalue weighted by atomic mass is 10.00. The van der Waals surface area contributed by atoms with Crippen molar-refractivity contribution >= 4 is 6.09 Å². The molecule has 0 aliphatic heterocycles. The lowest BCUT2D eigenvalue weighted by Crippen LogP contribution is -2.28. The third-order valence-corrected chi connectivity index (χ3v) is 2.45. The van der Waals surface area contributed by atoms with Crippen LogP contribution in [0, 0.1) is 6.92 Å². The van der Waals surface area contributed by atoms with Crippen LogP contribution in [0.3, 0.4) is 0 Å². The molecule has 3 heteroatoms. The van der Waals surface area contributed by atoms with E-state index in [0.29, 0.717) is 0 Å². The van der Waals surface area contributed by atoms with E-state index in [1.165, 1.54) is 12.7 Å². The monoisotopic (exact) mass is 207 g/mol. The first-order valence-corrected chi connectivity index (χ1v) is 5.09. The maximum Gasteiger partial charge on any atom is 0.407 e. The number of aryl methyl sites for hydroxylation is 1. The normalized spacial score (nSPS) is 11.9. The van der Waals surface area contributed by atoms with E-state index in [1.54, 1.807) is 0 Å². The van der Waals surface area contributed by atoms with Gasteiger partial charge in [0.2, 0.25) is 0 Å². The van der Waals surface area contributed by atoms with Crippen LogP contribution in [0.2, 0.25) is 0 Å². The Morgan fingerprint density at radius 2 is 2.13 bits per heavy atom. The van der Waals surface area contributed by atoms with Gasteiger partial charge in [0, 0.05) is 0 Å². The van der Waals surface area contributed by atoms with Gasteiger partial charge in [0.1, 0.15) is 0 Å². The number of methoxy groups -OCH3 is 1. The summed E-state index contributed by atoms with van der Waals surface area (Å²) in [5.41, 5.74) is 2.33. The number of carbonyl (C=O) groups excluding carboxylic acids is 1. The van der Waals surface area contributed by atoms with Crippen LogP contribution >= 0.6 is 0 Å². The van der Waals surface area contributed by atoms with Crippen molar-refractivity contribution in [3.63, 3.8) is 0 Å². The molecule has 1 atom stereocenters. The Bertz CT molecular complexity index is 336. The average Bonchev–Trinajstić information content (AvgIpc) is 2.26. The van der Waals surface area contributed by atoms with Crippen molar-refractivity contribution in [1.29, 1.82) is 0 Å². The summed E-state index contributed by atoms with van der Waals surface area (Å²) in [6.45, 7) is 4.07. The number of nitrogens with one attached hydrogen (secondary N) is 1. The van der Waals surface area contributed by atoms with Crippen molar-refractivity contribution in [2.75, 3.05) is 7.11 Å². The number of ether oxygens (including phenoxy) is 1. The number of amides is 1. The second-order valence-corrected chi connectivity index (χ2v) is 3.45. The zero-order valence-electron chi connectivity index (χ0n) is 9.41. The fourth-order valence-electron chi connectivity index (χ4n) is 1.58. The van der Waals surface area contributed by atoms with Gasteiger partial charge < -0.3 is 10.1 Å². The first kappa shape index (κ1) is 11.6. The SMILES string of the molecule is CC[C@H](NC(=O)OC)c1ccccc1C. The second kappa shape index (κ2) is 5.39. The molecule has 0 unspecified atom stereocenters. The van der Waals surface area contributed by atoms with Gasteiger partial charge in [0.15, 0.2) is 0 Å². The molecule has 15 heavy (non-hydrogen) atoms. The minimum Gasteiger partial charge on any atom is -0.453 e. The average molecular weight is 207 g/mol. The van der Waals surface area contributed by atoms with E-state index in [2.05, 4.69) is 10.1 Å². The third-order valence-electron chi connectivity index (χ3n) is 2.45. The molecule has 0 saturated heterocycles. The molecule has 0 radical (unpaired) electrons. The lowest BCUT2D eigenvalue weighted by Gasteiger charge is -2.18. The van der Waals surface area contributed by atoms with E-state index in [-0.39, 0.29) is 12.1 Å². The molecule has 1 aromatic rings. The molecule has 1 amide bonds. The summed E-state index contributed by atoms with van der Waals surface area (Å²) in [5.74, 6) is 0. The fraction of sp³-hybridized carbons (Fsp3) is 0.417. The van der Waals surface area contributed by atoms with Gasteiger partial charge in [-0.05, 0) is 24.5 Å². The number of rotatable bonds is 3. The van der Waals surface area contributed by atoms with Crippen LogP contribution in [0.5, 0.6) is 0 Å². The van der Waals surface area contributed by atoms with E-state index in [1.807, 2.05) is 38.1 Å². The molecule has 0 aliphatic carbocycles. The topological polar surface area (TPSA) is 38.3 Å². The molecule has 3 nitrogen and oxygen atoms in total. The summed E-state index contributed by atoms with van der Waals surface area (Å²) in [7, 11) is 1.37. The Labute approximate surface area is 90.4 Å². The minimum atomic E-state index is -0.384. The molecule has 0 spiro atoms. The van der Waals surface area contributed by atoms with Crippen molar-refractivity contribution in [1.82, 2.24) is 5.32 Å². The highest BCUT2D eigenvalue weighted by Crippen LogP contribution is 2.20. The van der Waals surface area contributed by atoms with E-state index in [4.69, 9.17) is 0 Å². The highest BCUT2D eigenvalue weighted by molar-refractivity contribution is 5.67. The minimum absolute atomic E-state index is 0.0265. The number of alkyl carbamates (subject to hydrolysis) is 1. The smallest absolute Gasteiger partial charge is 0.407 e. The van der Waals surface area contributed by atoms with Gasteiger partial charge >= 0.3 is 6.09 Å². The van der Waals surface area contributed by atoms with E-state index in [0.717, 1.165) is 12.0 Å². The molecular weight excluding hydrogens is 190 g/mol. The maximum absolute atomic E-state index is 11.1. The Morgan fingerprint density at radius 3 is 2.67 bits per heavy atom. The second-order valence-electron chi connectivity index (χ2n) is 3.45. The molecule has 1 aromatic carbocycles. The quantitative estimate of drug-likeness (QED) is 0.827. The molecular formula is C12H17NO2. The van der Waals surface area contributed by atoms with Crippen molar-refractivity contribution < 1.29 is 9.53 Å². The summed E-state index contributed by atoms with van der Waals surface area (Å²) < 4.78 is 4.59. The molecule has 0 heterocycles. The fourth-order valence-corrected chi connectivity index (χ4v) is 1.58. The Morgan fingerprint density at radius 1 is 1.47 bits per heavy atom. The van der Waals surface area contributed by atoms with Gasteiger partial charge in [-0.2, -0.15) is 0 Å². The van der Waals surface area contributed by atoms with Crippen LogP contribution in [0.15, 0.2) is 24.3 Å². The number of hydrogen-bond donors (Lipinski definition) is 1. The molecule has 0 saturated carbocycles. The van der Waals surface area contributed by atoms with E-state index < -0.39 is 0 Å². The van der Waals surface area contributed by atoms with Crippen LogP contribution in [-0.4, -0.2) is 13.2 Å². The van der Waals surface area contributed by atoms with Gasteiger partial charge in [-0.25, -0.2) is 4.79 Å². The van der Waals surface area contributed by atoms with Gasteiger partial charge in [0.25, 0.3) is 0 Å². The van der Waals surface area contributed by atoms with Crippen LogP contribution in [-0.2, 0) is 4.74 Å². The first-order chi connectivity index (χ1) is 7.19. The Kier molecular flexibility index (Phi) is 4.16. The lowest BCUT2D eigenvalue weighted by molar-refractivity contribution is 0.166. The molecule has 1 N–H and O–H groups in total. The van der Waals surface area contributed by atoms with Gasteiger partial charge in [-0.3, -0.25) is 0 Å². The Balaban J connectivity index is 2.83. The van der Waals surface area contributed by atoms with Gasteiger partial charge in [-0.1, -0.05) is 31.2 Å².